The van der Waals surface area contributed by atoms with Gasteiger partial charge >= 0.3 is 5.97 Å². The molecule has 0 aromatic heterocycles. The van der Waals surface area contributed by atoms with Crippen molar-refractivity contribution < 1.29 is 19.2 Å². The van der Waals surface area contributed by atoms with E-state index < -0.39 is 22.3 Å². The Hall–Kier alpha value is -2.96. The van der Waals surface area contributed by atoms with Crippen molar-refractivity contribution in [1.29, 1.82) is 0 Å². The molecular formula is C14H11FN2O4. The first-order valence-corrected chi connectivity index (χ1v) is 5.98. The molecule has 0 atom stereocenters. The number of nitrogens with one attached hydrogen (secondary N) is 1. The van der Waals surface area contributed by atoms with Gasteiger partial charge < -0.3 is 10.4 Å². The number of carboxylic acids is 1. The van der Waals surface area contributed by atoms with Crippen LogP contribution in [0.1, 0.15) is 15.9 Å². The van der Waals surface area contributed by atoms with E-state index in [1.54, 1.807) is 18.2 Å². The summed E-state index contributed by atoms with van der Waals surface area (Å²) in [4.78, 5) is 21.1. The topological polar surface area (TPSA) is 92.5 Å². The van der Waals surface area contributed by atoms with Crippen LogP contribution < -0.4 is 5.32 Å². The number of halogens is 1. The Morgan fingerprint density at radius 2 is 2.00 bits per heavy atom. The molecule has 21 heavy (non-hydrogen) atoms. The van der Waals surface area contributed by atoms with Crippen molar-refractivity contribution in [3.05, 3.63) is 69.5 Å². The third-order valence-electron chi connectivity index (χ3n) is 2.87. The van der Waals surface area contributed by atoms with Crippen molar-refractivity contribution in [2.45, 2.75) is 6.54 Å². The molecule has 0 bridgehead atoms. The fraction of sp³-hybridized carbons (Fsp3) is 0.0714. The lowest BCUT2D eigenvalue weighted by molar-refractivity contribution is -0.385. The lowest BCUT2D eigenvalue weighted by atomic mass is 10.1. The fourth-order valence-electron chi connectivity index (χ4n) is 1.83. The summed E-state index contributed by atoms with van der Waals surface area (Å²) in [6, 6.07) is 9.78. The van der Waals surface area contributed by atoms with E-state index in [1.807, 2.05) is 0 Å². The highest BCUT2D eigenvalue weighted by Crippen LogP contribution is 2.20. The zero-order chi connectivity index (χ0) is 15.4. The number of carbonyl (C=O) groups is 1. The molecule has 7 heteroatoms. The Labute approximate surface area is 119 Å². The fourth-order valence-corrected chi connectivity index (χ4v) is 1.83. The van der Waals surface area contributed by atoms with Crippen molar-refractivity contribution in [2.24, 2.45) is 0 Å². The van der Waals surface area contributed by atoms with E-state index in [-0.39, 0.29) is 12.2 Å². The minimum Gasteiger partial charge on any atom is -0.478 e. The molecule has 0 aliphatic rings. The van der Waals surface area contributed by atoms with E-state index in [9.17, 15) is 19.3 Å². The lowest BCUT2D eigenvalue weighted by Gasteiger charge is -2.08. The van der Waals surface area contributed by atoms with Crippen LogP contribution in [-0.2, 0) is 6.54 Å². The zero-order valence-electron chi connectivity index (χ0n) is 10.7. The number of hydrogen-bond donors (Lipinski definition) is 2. The van der Waals surface area contributed by atoms with Crippen molar-refractivity contribution in [3.8, 4) is 0 Å². The van der Waals surface area contributed by atoms with Crippen LogP contribution in [0.2, 0.25) is 0 Å². The minimum absolute atomic E-state index is 0.0346. The maximum Gasteiger partial charge on any atom is 0.338 e. The first-order valence-electron chi connectivity index (χ1n) is 5.98. The molecule has 2 aromatic carbocycles. The van der Waals surface area contributed by atoms with Crippen molar-refractivity contribution in [3.63, 3.8) is 0 Å². The Balaban J connectivity index is 2.16. The van der Waals surface area contributed by atoms with E-state index in [0.717, 1.165) is 12.1 Å². The number of para-hydroxylation sites is 1. The second-order valence-corrected chi connectivity index (χ2v) is 4.24. The highest BCUT2D eigenvalue weighted by Gasteiger charge is 2.13. The van der Waals surface area contributed by atoms with Crippen molar-refractivity contribution in [1.82, 2.24) is 0 Å². The van der Waals surface area contributed by atoms with E-state index in [2.05, 4.69) is 5.32 Å². The highest BCUT2D eigenvalue weighted by atomic mass is 19.1. The summed E-state index contributed by atoms with van der Waals surface area (Å²) in [7, 11) is 0. The van der Waals surface area contributed by atoms with Crippen LogP contribution in [0.25, 0.3) is 0 Å². The lowest BCUT2D eigenvalue weighted by Crippen LogP contribution is -2.05. The normalized spacial score (nSPS) is 10.1. The summed E-state index contributed by atoms with van der Waals surface area (Å²) in [6.07, 6.45) is 0. The van der Waals surface area contributed by atoms with Gasteiger partial charge in [-0.2, -0.15) is 0 Å². The number of anilines is 1. The average Bonchev–Trinajstić information content (AvgIpc) is 2.45. The van der Waals surface area contributed by atoms with Crippen LogP contribution in [0.5, 0.6) is 0 Å². The van der Waals surface area contributed by atoms with Gasteiger partial charge in [0, 0.05) is 23.9 Å². The van der Waals surface area contributed by atoms with Gasteiger partial charge in [-0.3, -0.25) is 10.1 Å². The molecule has 0 heterocycles. The predicted molar refractivity (Wildman–Crippen MR) is 73.8 cm³/mol. The van der Waals surface area contributed by atoms with Gasteiger partial charge in [0.1, 0.15) is 5.82 Å². The van der Waals surface area contributed by atoms with Gasteiger partial charge in [0.05, 0.1) is 10.5 Å². The predicted octanol–water partition coefficient (Wildman–Crippen LogP) is 3.04. The first-order chi connectivity index (χ1) is 9.99. The molecule has 0 unspecified atom stereocenters. The minimum atomic E-state index is -1.35. The van der Waals surface area contributed by atoms with Crippen molar-refractivity contribution >= 4 is 17.3 Å². The molecule has 2 rings (SSSR count). The molecule has 0 fully saturated rings. The van der Waals surface area contributed by atoms with Gasteiger partial charge in [-0.15, -0.1) is 0 Å². The zero-order valence-corrected chi connectivity index (χ0v) is 10.7. The standard InChI is InChI=1S/C14H11FN2O4/c15-12-7-10(5-6-11(12)14(18)19)16-8-9-3-1-2-4-13(9)17(20)21/h1-7,16H,8H2,(H,18,19). The smallest absolute Gasteiger partial charge is 0.338 e. The molecule has 0 amide bonds. The van der Waals surface area contributed by atoms with E-state index in [0.29, 0.717) is 11.3 Å². The molecule has 0 radical (unpaired) electrons. The van der Waals surface area contributed by atoms with E-state index in [1.165, 1.54) is 12.1 Å². The Bertz CT molecular complexity index is 703. The van der Waals surface area contributed by atoms with Gasteiger partial charge in [0.25, 0.3) is 5.69 Å². The number of nitrogens with zero attached hydrogens (tertiary/aromatic N) is 1. The molecule has 108 valence electrons. The molecule has 0 aliphatic heterocycles. The summed E-state index contributed by atoms with van der Waals surface area (Å²) in [5.74, 6) is -2.21. The van der Waals surface area contributed by atoms with Crippen molar-refractivity contribution in [2.75, 3.05) is 5.32 Å². The highest BCUT2D eigenvalue weighted by molar-refractivity contribution is 5.88. The van der Waals surface area contributed by atoms with Crippen LogP contribution in [0.15, 0.2) is 42.5 Å². The molecule has 0 saturated heterocycles. The number of carboxylic acid groups (broad SMARTS) is 1. The van der Waals surface area contributed by atoms with Gasteiger partial charge in [-0.05, 0) is 18.2 Å². The third kappa shape index (κ3) is 3.33. The summed E-state index contributed by atoms with van der Waals surface area (Å²) < 4.78 is 13.5. The first kappa shape index (κ1) is 14.4. The van der Waals surface area contributed by atoms with E-state index in [4.69, 9.17) is 5.11 Å². The summed E-state index contributed by atoms with van der Waals surface area (Å²) in [5, 5.41) is 22.4. The van der Waals surface area contributed by atoms with Gasteiger partial charge in [0.2, 0.25) is 0 Å². The largest absolute Gasteiger partial charge is 0.478 e. The van der Waals surface area contributed by atoms with Gasteiger partial charge in [-0.1, -0.05) is 18.2 Å². The van der Waals surface area contributed by atoms with Gasteiger partial charge in [0.15, 0.2) is 0 Å². The van der Waals surface area contributed by atoms with Crippen LogP contribution in [0.3, 0.4) is 0 Å². The number of nitro benzene ring substituents is 1. The quantitative estimate of drug-likeness (QED) is 0.652. The number of rotatable bonds is 5. The molecule has 6 nitrogen and oxygen atoms in total. The third-order valence-corrected chi connectivity index (χ3v) is 2.87. The second kappa shape index (κ2) is 6.00. The molecule has 0 spiro atoms. The number of aromatic carboxylic acids is 1. The monoisotopic (exact) mass is 290 g/mol. The summed E-state index contributed by atoms with van der Waals surface area (Å²) >= 11 is 0. The molecular weight excluding hydrogens is 279 g/mol. The molecule has 2 N–H and O–H groups in total. The van der Waals surface area contributed by atoms with Crippen LogP contribution in [-0.4, -0.2) is 16.0 Å². The molecule has 2 aromatic rings. The van der Waals surface area contributed by atoms with Crippen LogP contribution in [0.4, 0.5) is 15.8 Å². The number of benzene rings is 2. The SMILES string of the molecule is O=C(O)c1ccc(NCc2ccccc2[N+](=O)[O-])cc1F. The average molecular weight is 290 g/mol. The Morgan fingerprint density at radius 1 is 1.29 bits per heavy atom. The summed E-state index contributed by atoms with van der Waals surface area (Å²) in [6.45, 7) is 0.128. The molecule has 0 saturated carbocycles. The van der Waals surface area contributed by atoms with Gasteiger partial charge in [-0.25, -0.2) is 9.18 Å². The van der Waals surface area contributed by atoms with Crippen LogP contribution in [0, 0.1) is 15.9 Å². The maximum absolute atomic E-state index is 13.5. The van der Waals surface area contributed by atoms with Crippen LogP contribution >= 0.6 is 0 Å². The second-order valence-electron chi connectivity index (χ2n) is 4.24. The molecule has 0 aliphatic carbocycles. The number of nitro groups is 1. The number of hydrogen-bond acceptors (Lipinski definition) is 4. The Kier molecular flexibility index (Phi) is 4.13. The maximum atomic E-state index is 13.5. The summed E-state index contributed by atoms with van der Waals surface area (Å²) in [5.41, 5.74) is 0.333. The van der Waals surface area contributed by atoms with E-state index >= 15 is 0 Å². The Morgan fingerprint density at radius 3 is 2.62 bits per heavy atom.